The molecule has 3 heterocycles. The summed E-state index contributed by atoms with van der Waals surface area (Å²) in [4.78, 5) is 16.9. The maximum atomic E-state index is 12.8. The molecule has 8 heteroatoms. The van der Waals surface area contributed by atoms with E-state index in [0.717, 1.165) is 31.4 Å². The summed E-state index contributed by atoms with van der Waals surface area (Å²) in [5.74, 6) is 0.891. The topological polar surface area (TPSA) is 87.5 Å². The number of carbonyl (C=O) groups excluding carboxylic acids is 1. The van der Waals surface area contributed by atoms with Crippen molar-refractivity contribution in [3.8, 4) is 11.6 Å². The average molecular weight is 374 g/mol. The highest BCUT2D eigenvalue weighted by Crippen LogP contribution is 2.23. The van der Waals surface area contributed by atoms with Gasteiger partial charge in [-0.1, -0.05) is 0 Å². The molecule has 1 fully saturated rings. The SMILES string of the molecule is COc1ccncc1CNC(=O)c1c(C)nn(C)c1OC[C@H]1CCCCO1. The zero-order valence-corrected chi connectivity index (χ0v) is 16.0. The van der Waals surface area contributed by atoms with Gasteiger partial charge in [-0.2, -0.15) is 5.10 Å². The van der Waals surface area contributed by atoms with E-state index in [0.29, 0.717) is 36.0 Å². The number of ether oxygens (including phenoxy) is 3. The van der Waals surface area contributed by atoms with Gasteiger partial charge < -0.3 is 19.5 Å². The first-order valence-electron chi connectivity index (χ1n) is 9.13. The van der Waals surface area contributed by atoms with Crippen LogP contribution in [0.15, 0.2) is 18.5 Å². The zero-order chi connectivity index (χ0) is 19.2. The zero-order valence-electron chi connectivity index (χ0n) is 16.0. The van der Waals surface area contributed by atoms with Gasteiger partial charge in [-0.05, 0) is 32.3 Å². The third-order valence-electron chi connectivity index (χ3n) is 4.59. The molecule has 0 bridgehead atoms. The largest absolute Gasteiger partial charge is 0.496 e. The van der Waals surface area contributed by atoms with E-state index in [1.807, 2.05) is 0 Å². The molecule has 146 valence electrons. The number of rotatable bonds is 7. The quantitative estimate of drug-likeness (QED) is 0.798. The van der Waals surface area contributed by atoms with Gasteiger partial charge in [-0.15, -0.1) is 0 Å². The van der Waals surface area contributed by atoms with Crippen LogP contribution in [0.2, 0.25) is 0 Å². The van der Waals surface area contributed by atoms with Gasteiger partial charge in [-0.25, -0.2) is 4.68 Å². The summed E-state index contributed by atoms with van der Waals surface area (Å²) < 4.78 is 18.5. The predicted octanol–water partition coefficient (Wildman–Crippen LogP) is 2.01. The predicted molar refractivity (Wildman–Crippen MR) is 99.0 cm³/mol. The average Bonchev–Trinajstić information content (AvgIpc) is 2.98. The molecule has 1 N–H and O–H groups in total. The monoisotopic (exact) mass is 374 g/mol. The van der Waals surface area contributed by atoms with E-state index in [1.54, 1.807) is 44.2 Å². The maximum absolute atomic E-state index is 12.8. The lowest BCUT2D eigenvalue weighted by Crippen LogP contribution is -2.28. The molecule has 0 saturated carbocycles. The van der Waals surface area contributed by atoms with Crippen LogP contribution in [0, 0.1) is 6.92 Å². The highest BCUT2D eigenvalue weighted by atomic mass is 16.5. The summed E-state index contributed by atoms with van der Waals surface area (Å²) in [6.07, 6.45) is 6.58. The molecule has 0 unspecified atom stereocenters. The lowest BCUT2D eigenvalue weighted by atomic mass is 10.1. The van der Waals surface area contributed by atoms with Crippen LogP contribution >= 0.6 is 0 Å². The molecule has 8 nitrogen and oxygen atoms in total. The Bertz CT molecular complexity index is 784. The molecule has 1 saturated heterocycles. The van der Waals surface area contributed by atoms with Crippen LogP contribution in [0.1, 0.15) is 40.9 Å². The van der Waals surface area contributed by atoms with Gasteiger partial charge in [0, 0.05) is 38.2 Å². The van der Waals surface area contributed by atoms with Crippen LogP contribution < -0.4 is 14.8 Å². The molecule has 0 radical (unpaired) electrons. The maximum Gasteiger partial charge on any atom is 0.258 e. The van der Waals surface area contributed by atoms with Gasteiger partial charge in [0.1, 0.15) is 17.9 Å². The van der Waals surface area contributed by atoms with Crippen LogP contribution in [0.4, 0.5) is 0 Å². The second-order valence-corrected chi connectivity index (χ2v) is 6.56. The second-order valence-electron chi connectivity index (χ2n) is 6.56. The number of aryl methyl sites for hydroxylation is 2. The molecule has 0 aliphatic carbocycles. The van der Waals surface area contributed by atoms with Crippen LogP contribution in [0.25, 0.3) is 0 Å². The van der Waals surface area contributed by atoms with Gasteiger partial charge in [0.25, 0.3) is 5.91 Å². The molecule has 1 aliphatic rings. The van der Waals surface area contributed by atoms with E-state index in [-0.39, 0.29) is 12.0 Å². The number of amides is 1. The standard InChI is InChI=1S/C19H26N4O4/c1-13-17(18(24)21-11-14-10-20-8-7-16(14)25-3)19(23(2)22-13)27-12-15-6-4-5-9-26-15/h7-8,10,15H,4-6,9,11-12H2,1-3H3,(H,21,24)/t15-/m1/s1. The second kappa shape index (κ2) is 8.85. The van der Waals surface area contributed by atoms with Gasteiger partial charge >= 0.3 is 0 Å². The molecule has 2 aromatic heterocycles. The fourth-order valence-electron chi connectivity index (χ4n) is 3.18. The number of nitrogens with one attached hydrogen (secondary N) is 1. The van der Waals surface area contributed by atoms with Gasteiger partial charge in [0.05, 0.1) is 18.9 Å². The van der Waals surface area contributed by atoms with Crippen LogP contribution in [0.3, 0.4) is 0 Å². The van der Waals surface area contributed by atoms with E-state index in [2.05, 4.69) is 15.4 Å². The van der Waals surface area contributed by atoms with Crippen molar-refractivity contribution in [2.24, 2.45) is 7.05 Å². The summed E-state index contributed by atoms with van der Waals surface area (Å²) in [6.45, 7) is 3.27. The van der Waals surface area contributed by atoms with Crippen molar-refractivity contribution in [2.45, 2.75) is 38.8 Å². The highest BCUT2D eigenvalue weighted by molar-refractivity contribution is 5.97. The molecule has 1 atom stereocenters. The number of aromatic nitrogens is 3. The third-order valence-corrected chi connectivity index (χ3v) is 4.59. The van der Waals surface area contributed by atoms with Crippen molar-refractivity contribution in [3.63, 3.8) is 0 Å². The van der Waals surface area contributed by atoms with Crippen LogP contribution in [-0.4, -0.2) is 47.1 Å². The minimum atomic E-state index is -0.244. The number of pyridine rings is 1. The normalized spacial score (nSPS) is 16.8. The fourth-order valence-corrected chi connectivity index (χ4v) is 3.18. The molecule has 27 heavy (non-hydrogen) atoms. The first kappa shape index (κ1) is 19.2. The Balaban J connectivity index is 1.68. The van der Waals surface area contributed by atoms with Crippen molar-refractivity contribution in [2.75, 3.05) is 20.3 Å². The van der Waals surface area contributed by atoms with E-state index in [9.17, 15) is 4.79 Å². The van der Waals surface area contributed by atoms with Gasteiger partial charge in [-0.3, -0.25) is 9.78 Å². The molecule has 1 amide bonds. The molecule has 2 aromatic rings. The van der Waals surface area contributed by atoms with E-state index in [1.165, 1.54) is 0 Å². The summed E-state index contributed by atoms with van der Waals surface area (Å²) in [6, 6.07) is 1.76. The molecule has 0 spiro atoms. The van der Waals surface area contributed by atoms with E-state index >= 15 is 0 Å². The Morgan fingerprint density at radius 3 is 3.04 bits per heavy atom. The van der Waals surface area contributed by atoms with E-state index in [4.69, 9.17) is 14.2 Å². The molecule has 0 aromatic carbocycles. The van der Waals surface area contributed by atoms with E-state index < -0.39 is 0 Å². The Kier molecular flexibility index (Phi) is 6.28. The lowest BCUT2D eigenvalue weighted by molar-refractivity contribution is -0.0128. The third kappa shape index (κ3) is 4.57. The minimum Gasteiger partial charge on any atom is -0.496 e. The van der Waals surface area contributed by atoms with Crippen molar-refractivity contribution < 1.29 is 19.0 Å². The lowest BCUT2D eigenvalue weighted by Gasteiger charge is -2.22. The number of carbonyl (C=O) groups is 1. The highest BCUT2D eigenvalue weighted by Gasteiger charge is 2.24. The number of hydrogen-bond acceptors (Lipinski definition) is 6. The van der Waals surface area contributed by atoms with Crippen molar-refractivity contribution in [1.82, 2.24) is 20.1 Å². The molecule has 3 rings (SSSR count). The Hall–Kier alpha value is -2.61. The number of hydrogen-bond donors (Lipinski definition) is 1. The summed E-state index contributed by atoms with van der Waals surface area (Å²) in [5, 5.41) is 7.24. The summed E-state index contributed by atoms with van der Waals surface area (Å²) in [7, 11) is 3.36. The van der Waals surface area contributed by atoms with Gasteiger partial charge in [0.2, 0.25) is 5.88 Å². The fraction of sp³-hybridized carbons (Fsp3) is 0.526. The molecular weight excluding hydrogens is 348 g/mol. The van der Waals surface area contributed by atoms with Crippen molar-refractivity contribution in [1.29, 1.82) is 0 Å². The van der Waals surface area contributed by atoms with Crippen LogP contribution in [-0.2, 0) is 18.3 Å². The number of nitrogens with zero attached hydrogens (tertiary/aromatic N) is 3. The minimum absolute atomic E-state index is 0.0597. The molecular formula is C19H26N4O4. The smallest absolute Gasteiger partial charge is 0.258 e. The van der Waals surface area contributed by atoms with Crippen molar-refractivity contribution >= 4 is 5.91 Å². The number of methoxy groups -OCH3 is 1. The Labute approximate surface area is 158 Å². The summed E-state index contributed by atoms with van der Waals surface area (Å²) >= 11 is 0. The van der Waals surface area contributed by atoms with Gasteiger partial charge in [0.15, 0.2) is 0 Å². The Morgan fingerprint density at radius 2 is 2.30 bits per heavy atom. The summed E-state index contributed by atoms with van der Waals surface area (Å²) in [5.41, 5.74) is 1.86. The molecule has 1 aliphatic heterocycles. The Morgan fingerprint density at radius 1 is 1.44 bits per heavy atom. The first-order valence-corrected chi connectivity index (χ1v) is 9.13. The first-order chi connectivity index (χ1) is 13.1. The van der Waals surface area contributed by atoms with Crippen molar-refractivity contribution in [3.05, 3.63) is 35.3 Å². The van der Waals surface area contributed by atoms with Crippen LogP contribution in [0.5, 0.6) is 11.6 Å².